The molecule has 1 N–H and O–H groups in total. The molecule has 0 saturated carbocycles. The fraction of sp³-hybridized carbons (Fsp3) is 0.214. The summed E-state index contributed by atoms with van der Waals surface area (Å²) in [4.78, 5) is 0. The van der Waals surface area contributed by atoms with Crippen molar-refractivity contribution in [2.45, 2.75) is 19.9 Å². The summed E-state index contributed by atoms with van der Waals surface area (Å²) in [6.45, 7) is 3.99. The first-order valence-corrected chi connectivity index (χ1v) is 6.39. The second-order valence-corrected chi connectivity index (χ2v) is 4.59. The molecular weight excluding hydrogens is 254 g/mol. The van der Waals surface area contributed by atoms with Gasteiger partial charge in [-0.25, -0.2) is 0 Å². The molecule has 0 radical (unpaired) electrons. The lowest BCUT2D eigenvalue weighted by Crippen LogP contribution is -2.09. The van der Waals surface area contributed by atoms with Crippen LogP contribution in [0.5, 0.6) is 0 Å². The summed E-state index contributed by atoms with van der Waals surface area (Å²) in [5.41, 5.74) is 1.84. The molecule has 1 atom stereocenters. The van der Waals surface area contributed by atoms with Crippen LogP contribution in [-0.4, -0.2) is 20.2 Å². The van der Waals surface area contributed by atoms with Gasteiger partial charge in [-0.05, 0) is 48.5 Å². The summed E-state index contributed by atoms with van der Waals surface area (Å²) < 4.78 is 7.27. The number of para-hydroxylation sites is 2. The Morgan fingerprint density at radius 1 is 1.20 bits per heavy atom. The predicted molar refractivity (Wildman–Crippen MR) is 74.6 cm³/mol. The highest BCUT2D eigenvalue weighted by atomic mass is 16.3. The topological polar surface area (TPSA) is 68.8 Å². The molecule has 6 nitrogen and oxygen atoms in total. The van der Waals surface area contributed by atoms with E-state index in [1.807, 2.05) is 43.3 Å². The summed E-state index contributed by atoms with van der Waals surface area (Å²) in [6, 6.07) is 11.9. The number of anilines is 1. The van der Waals surface area contributed by atoms with E-state index in [1.165, 1.54) is 0 Å². The number of hydrogen-bond donors (Lipinski definition) is 1. The van der Waals surface area contributed by atoms with Crippen molar-refractivity contribution in [1.29, 1.82) is 0 Å². The molecule has 1 aromatic carbocycles. The number of hydrogen-bond acceptors (Lipinski definition) is 5. The monoisotopic (exact) mass is 269 g/mol. The Balaban J connectivity index is 1.88. The minimum Gasteiger partial charge on any atom is -0.464 e. The molecule has 2 heterocycles. The molecule has 0 aliphatic rings. The van der Waals surface area contributed by atoms with E-state index in [9.17, 15) is 0 Å². The van der Waals surface area contributed by atoms with Crippen molar-refractivity contribution in [2.24, 2.45) is 0 Å². The number of tetrazole rings is 1. The zero-order valence-electron chi connectivity index (χ0n) is 11.3. The van der Waals surface area contributed by atoms with Crippen molar-refractivity contribution >= 4 is 5.69 Å². The molecular formula is C14H15N5O. The van der Waals surface area contributed by atoms with E-state index in [4.69, 9.17) is 4.42 Å². The first-order valence-electron chi connectivity index (χ1n) is 6.39. The molecule has 20 heavy (non-hydrogen) atoms. The van der Waals surface area contributed by atoms with Gasteiger partial charge in [0.05, 0.1) is 17.4 Å². The molecule has 3 rings (SSSR count). The Bertz CT molecular complexity index is 689. The third kappa shape index (κ3) is 2.40. The highest BCUT2D eigenvalue weighted by Gasteiger charge is 2.12. The Kier molecular flexibility index (Phi) is 3.20. The zero-order valence-corrected chi connectivity index (χ0v) is 11.3. The Morgan fingerprint density at radius 3 is 2.75 bits per heavy atom. The van der Waals surface area contributed by atoms with E-state index >= 15 is 0 Å². The van der Waals surface area contributed by atoms with E-state index < -0.39 is 0 Å². The molecule has 0 bridgehead atoms. The maximum Gasteiger partial charge on any atom is 0.143 e. The van der Waals surface area contributed by atoms with Crippen LogP contribution in [0.3, 0.4) is 0 Å². The first kappa shape index (κ1) is 12.4. The van der Waals surface area contributed by atoms with Crippen LogP contribution < -0.4 is 5.32 Å². The van der Waals surface area contributed by atoms with Gasteiger partial charge >= 0.3 is 0 Å². The average molecular weight is 269 g/mol. The number of aryl methyl sites for hydroxylation is 1. The summed E-state index contributed by atoms with van der Waals surface area (Å²) in [5.74, 6) is 1.80. The Hall–Kier alpha value is -2.63. The molecule has 0 fully saturated rings. The minimum atomic E-state index is 0.0568. The van der Waals surface area contributed by atoms with Crippen LogP contribution in [0.15, 0.2) is 47.1 Å². The molecule has 0 spiro atoms. The van der Waals surface area contributed by atoms with Crippen LogP contribution in [0, 0.1) is 6.92 Å². The van der Waals surface area contributed by atoms with Crippen molar-refractivity contribution in [2.75, 3.05) is 5.32 Å². The lowest BCUT2D eigenvalue weighted by Gasteiger charge is -2.15. The summed E-state index contributed by atoms with van der Waals surface area (Å²) in [5, 5.41) is 14.7. The summed E-state index contributed by atoms with van der Waals surface area (Å²) in [6.07, 6.45) is 1.57. The Labute approximate surface area is 116 Å². The highest BCUT2D eigenvalue weighted by Crippen LogP contribution is 2.25. The molecule has 6 heteroatoms. The SMILES string of the molecule is Cc1ccc(C(C)Nc2ccccc2-n2cnnn2)o1. The second-order valence-electron chi connectivity index (χ2n) is 4.59. The highest BCUT2D eigenvalue weighted by molar-refractivity contribution is 5.61. The number of furan rings is 1. The van der Waals surface area contributed by atoms with Gasteiger partial charge in [0.1, 0.15) is 17.8 Å². The fourth-order valence-electron chi connectivity index (χ4n) is 2.06. The van der Waals surface area contributed by atoms with Gasteiger partial charge in [0.2, 0.25) is 0 Å². The standard InChI is InChI=1S/C14H15N5O/c1-10-7-8-14(20-10)11(2)16-12-5-3-4-6-13(12)19-9-15-17-18-19/h3-9,11,16H,1-2H3. The van der Waals surface area contributed by atoms with Gasteiger partial charge in [-0.1, -0.05) is 12.1 Å². The number of benzene rings is 1. The van der Waals surface area contributed by atoms with Gasteiger partial charge in [0.15, 0.2) is 0 Å². The molecule has 2 aromatic heterocycles. The number of nitrogens with zero attached hydrogens (tertiary/aromatic N) is 4. The molecule has 102 valence electrons. The lowest BCUT2D eigenvalue weighted by molar-refractivity contribution is 0.467. The van der Waals surface area contributed by atoms with E-state index in [0.717, 1.165) is 22.9 Å². The van der Waals surface area contributed by atoms with Crippen molar-refractivity contribution < 1.29 is 4.42 Å². The Morgan fingerprint density at radius 2 is 2.05 bits per heavy atom. The van der Waals surface area contributed by atoms with Gasteiger partial charge in [0, 0.05) is 0 Å². The third-order valence-electron chi connectivity index (χ3n) is 3.06. The molecule has 3 aromatic rings. The van der Waals surface area contributed by atoms with Crippen LogP contribution in [0.1, 0.15) is 24.5 Å². The van der Waals surface area contributed by atoms with E-state index in [-0.39, 0.29) is 6.04 Å². The maximum absolute atomic E-state index is 5.64. The number of aromatic nitrogens is 4. The largest absolute Gasteiger partial charge is 0.464 e. The van der Waals surface area contributed by atoms with Gasteiger partial charge < -0.3 is 9.73 Å². The molecule has 0 aliphatic carbocycles. The smallest absolute Gasteiger partial charge is 0.143 e. The van der Waals surface area contributed by atoms with Crippen LogP contribution in [0.2, 0.25) is 0 Å². The maximum atomic E-state index is 5.64. The van der Waals surface area contributed by atoms with Gasteiger partial charge in [0.25, 0.3) is 0 Å². The summed E-state index contributed by atoms with van der Waals surface area (Å²) >= 11 is 0. The third-order valence-corrected chi connectivity index (χ3v) is 3.06. The molecule has 0 aliphatic heterocycles. The number of nitrogens with one attached hydrogen (secondary N) is 1. The zero-order chi connectivity index (χ0) is 13.9. The van der Waals surface area contributed by atoms with Gasteiger partial charge in [-0.2, -0.15) is 4.68 Å². The average Bonchev–Trinajstić information content (AvgIpc) is 3.10. The summed E-state index contributed by atoms with van der Waals surface area (Å²) in [7, 11) is 0. The van der Waals surface area contributed by atoms with Crippen molar-refractivity contribution in [1.82, 2.24) is 20.2 Å². The molecule has 0 saturated heterocycles. The van der Waals surface area contributed by atoms with Gasteiger partial charge in [-0.3, -0.25) is 0 Å². The van der Waals surface area contributed by atoms with Crippen LogP contribution in [0.25, 0.3) is 5.69 Å². The second kappa shape index (κ2) is 5.16. The molecule has 1 unspecified atom stereocenters. The van der Waals surface area contributed by atoms with E-state index in [1.54, 1.807) is 11.0 Å². The quantitative estimate of drug-likeness (QED) is 0.788. The molecule has 0 amide bonds. The number of rotatable bonds is 4. The minimum absolute atomic E-state index is 0.0568. The first-order chi connectivity index (χ1) is 9.74. The lowest BCUT2D eigenvalue weighted by atomic mass is 10.2. The van der Waals surface area contributed by atoms with E-state index in [0.29, 0.717) is 0 Å². The van der Waals surface area contributed by atoms with Crippen LogP contribution in [-0.2, 0) is 0 Å². The predicted octanol–water partition coefficient (Wildman–Crippen LogP) is 2.74. The fourth-order valence-corrected chi connectivity index (χ4v) is 2.06. The van der Waals surface area contributed by atoms with Crippen molar-refractivity contribution in [3.63, 3.8) is 0 Å². The van der Waals surface area contributed by atoms with Crippen LogP contribution in [0.4, 0.5) is 5.69 Å². The van der Waals surface area contributed by atoms with Crippen molar-refractivity contribution in [3.05, 3.63) is 54.2 Å². The van der Waals surface area contributed by atoms with Crippen molar-refractivity contribution in [3.8, 4) is 5.69 Å². The van der Waals surface area contributed by atoms with Gasteiger partial charge in [-0.15, -0.1) is 5.10 Å². The normalized spacial score (nSPS) is 12.3. The van der Waals surface area contributed by atoms with E-state index in [2.05, 4.69) is 27.8 Å². The van der Waals surface area contributed by atoms with Crippen LogP contribution >= 0.6 is 0 Å².